The van der Waals surface area contributed by atoms with Gasteiger partial charge in [0.2, 0.25) is 0 Å². The van der Waals surface area contributed by atoms with E-state index in [0.29, 0.717) is 16.1 Å². The van der Waals surface area contributed by atoms with Crippen LogP contribution in [0.5, 0.6) is 0 Å². The minimum Gasteiger partial charge on any atom is -0.462 e. The highest BCUT2D eigenvalue weighted by Crippen LogP contribution is 2.38. The van der Waals surface area contributed by atoms with Crippen LogP contribution in [0.25, 0.3) is 10.4 Å². The first kappa shape index (κ1) is 18.2. The molecule has 0 aliphatic carbocycles. The first-order chi connectivity index (χ1) is 11.6. The summed E-state index contributed by atoms with van der Waals surface area (Å²) in [6.07, 6.45) is 0.197. The lowest BCUT2D eigenvalue weighted by Gasteiger charge is -2.08. The largest absolute Gasteiger partial charge is 0.462 e. The fourth-order valence-electron chi connectivity index (χ4n) is 1.88. The predicted molar refractivity (Wildman–Crippen MR) is 93.5 cm³/mol. The van der Waals surface area contributed by atoms with Gasteiger partial charge in [0.25, 0.3) is 5.91 Å². The SMILES string of the molecule is CCOC(=O)c1c(-c2cccs2)csc1NC(=O)COC(=O)CC. The summed E-state index contributed by atoms with van der Waals surface area (Å²) >= 11 is 2.72. The summed E-state index contributed by atoms with van der Waals surface area (Å²) in [6, 6.07) is 3.78. The second-order valence-corrected chi connectivity index (χ2v) is 6.44. The smallest absolute Gasteiger partial charge is 0.341 e. The van der Waals surface area contributed by atoms with E-state index in [-0.39, 0.29) is 19.6 Å². The number of amides is 1. The summed E-state index contributed by atoms with van der Waals surface area (Å²) in [6.45, 7) is 3.21. The van der Waals surface area contributed by atoms with Crippen molar-refractivity contribution in [3.63, 3.8) is 0 Å². The molecule has 0 aromatic carbocycles. The van der Waals surface area contributed by atoms with Gasteiger partial charge in [0.1, 0.15) is 10.6 Å². The second-order valence-electron chi connectivity index (χ2n) is 4.61. The molecule has 8 heteroatoms. The molecule has 0 fully saturated rings. The van der Waals surface area contributed by atoms with Crippen molar-refractivity contribution in [3.8, 4) is 10.4 Å². The molecule has 0 aliphatic rings. The van der Waals surface area contributed by atoms with Gasteiger partial charge in [-0.1, -0.05) is 13.0 Å². The Hall–Kier alpha value is -2.19. The van der Waals surface area contributed by atoms with Crippen LogP contribution in [0, 0.1) is 0 Å². The van der Waals surface area contributed by atoms with Crippen LogP contribution in [0.1, 0.15) is 30.6 Å². The number of nitrogens with one attached hydrogen (secondary N) is 1. The molecule has 1 amide bonds. The van der Waals surface area contributed by atoms with E-state index in [0.717, 1.165) is 4.88 Å². The van der Waals surface area contributed by atoms with Gasteiger partial charge in [-0.05, 0) is 18.4 Å². The highest BCUT2D eigenvalue weighted by Gasteiger charge is 2.23. The zero-order valence-corrected chi connectivity index (χ0v) is 14.9. The summed E-state index contributed by atoms with van der Waals surface area (Å²) in [7, 11) is 0. The van der Waals surface area contributed by atoms with Gasteiger partial charge in [0, 0.05) is 22.2 Å². The maximum absolute atomic E-state index is 12.3. The number of ether oxygens (including phenoxy) is 2. The van der Waals surface area contributed by atoms with Gasteiger partial charge in [-0.2, -0.15) is 0 Å². The minimum absolute atomic E-state index is 0.197. The Balaban J connectivity index is 2.21. The summed E-state index contributed by atoms with van der Waals surface area (Å²) < 4.78 is 9.89. The maximum Gasteiger partial charge on any atom is 0.341 e. The predicted octanol–water partition coefficient (Wildman–Crippen LogP) is 3.55. The Kier molecular flexibility index (Phi) is 6.51. The summed E-state index contributed by atoms with van der Waals surface area (Å²) in [5.41, 5.74) is 1.04. The van der Waals surface area contributed by atoms with Crippen molar-refractivity contribution in [2.75, 3.05) is 18.5 Å². The van der Waals surface area contributed by atoms with Crippen LogP contribution in [0.2, 0.25) is 0 Å². The molecule has 1 N–H and O–H groups in total. The van der Waals surface area contributed by atoms with E-state index in [9.17, 15) is 14.4 Å². The average molecular weight is 367 g/mol. The Morgan fingerprint density at radius 2 is 1.96 bits per heavy atom. The molecule has 0 unspecified atom stereocenters. The monoisotopic (exact) mass is 367 g/mol. The number of rotatable bonds is 7. The van der Waals surface area contributed by atoms with Crippen molar-refractivity contribution >= 4 is 45.5 Å². The molecule has 2 rings (SSSR count). The molecule has 0 spiro atoms. The number of esters is 2. The lowest BCUT2D eigenvalue weighted by molar-refractivity contribution is -0.146. The molecule has 128 valence electrons. The van der Waals surface area contributed by atoms with Crippen molar-refractivity contribution in [3.05, 3.63) is 28.5 Å². The number of hydrogen-bond acceptors (Lipinski definition) is 7. The Labute approximate surface area is 147 Å². The van der Waals surface area contributed by atoms with E-state index in [1.54, 1.807) is 19.2 Å². The van der Waals surface area contributed by atoms with E-state index in [1.807, 2.05) is 17.5 Å². The third-order valence-corrected chi connectivity index (χ3v) is 4.76. The van der Waals surface area contributed by atoms with Crippen LogP contribution >= 0.6 is 22.7 Å². The molecule has 0 radical (unpaired) electrons. The Morgan fingerprint density at radius 3 is 2.58 bits per heavy atom. The first-order valence-electron chi connectivity index (χ1n) is 7.34. The van der Waals surface area contributed by atoms with Crippen molar-refractivity contribution in [1.29, 1.82) is 0 Å². The standard InChI is InChI=1S/C16H17NO5S2/c1-3-13(19)22-8-12(18)17-15-14(16(20)21-4-2)10(9-24-15)11-6-5-7-23-11/h5-7,9H,3-4,8H2,1-2H3,(H,17,18). The van der Waals surface area contributed by atoms with Gasteiger partial charge in [-0.3, -0.25) is 9.59 Å². The second kappa shape index (κ2) is 8.60. The van der Waals surface area contributed by atoms with Crippen LogP contribution < -0.4 is 5.32 Å². The molecule has 0 saturated heterocycles. The Morgan fingerprint density at radius 1 is 1.17 bits per heavy atom. The van der Waals surface area contributed by atoms with Crippen LogP contribution in [0.3, 0.4) is 0 Å². The molecule has 2 aromatic rings. The van der Waals surface area contributed by atoms with Crippen molar-refractivity contribution in [2.45, 2.75) is 20.3 Å². The fourth-order valence-corrected chi connectivity index (χ4v) is 3.67. The van der Waals surface area contributed by atoms with Gasteiger partial charge < -0.3 is 14.8 Å². The minimum atomic E-state index is -0.498. The third-order valence-electron chi connectivity index (χ3n) is 2.96. The zero-order valence-electron chi connectivity index (χ0n) is 13.3. The molecule has 24 heavy (non-hydrogen) atoms. The van der Waals surface area contributed by atoms with E-state index >= 15 is 0 Å². The topological polar surface area (TPSA) is 81.7 Å². The molecule has 0 atom stereocenters. The van der Waals surface area contributed by atoms with E-state index < -0.39 is 17.8 Å². The summed E-state index contributed by atoms with van der Waals surface area (Å²) in [5.74, 6) is -1.45. The lowest BCUT2D eigenvalue weighted by atomic mass is 10.1. The zero-order chi connectivity index (χ0) is 17.5. The van der Waals surface area contributed by atoms with Gasteiger partial charge >= 0.3 is 11.9 Å². The summed E-state index contributed by atoms with van der Waals surface area (Å²) in [4.78, 5) is 36.2. The van der Waals surface area contributed by atoms with Crippen LogP contribution in [0.4, 0.5) is 5.00 Å². The van der Waals surface area contributed by atoms with Gasteiger partial charge in [-0.25, -0.2) is 4.79 Å². The molecule has 0 bridgehead atoms. The third kappa shape index (κ3) is 4.42. The van der Waals surface area contributed by atoms with E-state index in [4.69, 9.17) is 9.47 Å². The van der Waals surface area contributed by atoms with Crippen LogP contribution in [-0.4, -0.2) is 31.1 Å². The maximum atomic E-state index is 12.3. The number of thiophene rings is 2. The molecule has 2 heterocycles. The normalized spacial score (nSPS) is 10.2. The molecule has 6 nitrogen and oxygen atoms in total. The quantitative estimate of drug-likeness (QED) is 0.757. The number of carbonyl (C=O) groups excluding carboxylic acids is 3. The van der Waals surface area contributed by atoms with E-state index in [1.165, 1.54) is 22.7 Å². The van der Waals surface area contributed by atoms with Crippen LogP contribution in [-0.2, 0) is 19.1 Å². The lowest BCUT2D eigenvalue weighted by Crippen LogP contribution is -2.21. The molecular weight excluding hydrogens is 350 g/mol. The Bertz CT molecular complexity index is 721. The average Bonchev–Trinajstić information content (AvgIpc) is 3.21. The van der Waals surface area contributed by atoms with Crippen molar-refractivity contribution in [1.82, 2.24) is 0 Å². The highest BCUT2D eigenvalue weighted by molar-refractivity contribution is 7.17. The van der Waals surface area contributed by atoms with Crippen molar-refractivity contribution in [2.24, 2.45) is 0 Å². The molecule has 2 aromatic heterocycles. The molecular formula is C16H17NO5S2. The number of carbonyl (C=O) groups is 3. The number of hydrogen-bond donors (Lipinski definition) is 1. The number of anilines is 1. The van der Waals surface area contributed by atoms with Crippen molar-refractivity contribution < 1.29 is 23.9 Å². The van der Waals surface area contributed by atoms with Gasteiger partial charge in [0.15, 0.2) is 6.61 Å². The summed E-state index contributed by atoms with van der Waals surface area (Å²) in [5, 5.41) is 6.71. The fraction of sp³-hybridized carbons (Fsp3) is 0.312. The van der Waals surface area contributed by atoms with Gasteiger partial charge in [-0.15, -0.1) is 22.7 Å². The van der Waals surface area contributed by atoms with Gasteiger partial charge in [0.05, 0.1) is 6.61 Å². The molecule has 0 aliphatic heterocycles. The highest BCUT2D eigenvalue weighted by atomic mass is 32.1. The van der Waals surface area contributed by atoms with Crippen LogP contribution in [0.15, 0.2) is 22.9 Å². The molecule has 0 saturated carbocycles. The van der Waals surface area contributed by atoms with E-state index in [2.05, 4.69) is 5.32 Å². The first-order valence-corrected chi connectivity index (χ1v) is 9.10.